The third-order valence-corrected chi connectivity index (χ3v) is 4.24. The van der Waals surface area contributed by atoms with E-state index >= 15 is 0 Å². The average Bonchev–Trinajstić information content (AvgIpc) is 2.30. The van der Waals surface area contributed by atoms with Gasteiger partial charge in [0.2, 0.25) is 0 Å². The van der Waals surface area contributed by atoms with Crippen molar-refractivity contribution < 1.29 is 0 Å². The van der Waals surface area contributed by atoms with Crippen molar-refractivity contribution in [1.29, 1.82) is 0 Å². The Bertz CT molecular complexity index is 408. The lowest BCUT2D eigenvalue weighted by Crippen LogP contribution is -2.40. The summed E-state index contributed by atoms with van der Waals surface area (Å²) in [4.78, 5) is 6.70. The molecule has 0 radical (unpaired) electrons. The third-order valence-electron chi connectivity index (χ3n) is 3.27. The number of nitrogens with zero attached hydrogens (tertiary/aromatic N) is 2. The second kappa shape index (κ2) is 5.23. The Kier molecular flexibility index (Phi) is 3.89. The molecular weight excluding hydrogens is 280 g/mol. The van der Waals surface area contributed by atoms with Crippen LogP contribution in [-0.4, -0.2) is 36.1 Å². The van der Waals surface area contributed by atoms with Crippen LogP contribution in [0.4, 0.5) is 11.5 Å². The molecule has 1 aliphatic heterocycles. The van der Waals surface area contributed by atoms with E-state index in [4.69, 9.17) is 5.73 Å². The highest BCUT2D eigenvalue weighted by Crippen LogP contribution is 2.28. The summed E-state index contributed by atoms with van der Waals surface area (Å²) in [5.41, 5.74) is 7.59. The zero-order chi connectivity index (χ0) is 12.4. The van der Waals surface area contributed by atoms with Crippen LogP contribution in [0, 0.1) is 6.92 Å². The van der Waals surface area contributed by atoms with E-state index in [0.717, 1.165) is 28.1 Å². The molecule has 0 aromatic carbocycles. The number of likely N-dealkylation sites (N-methyl/N-ethyl adjacent to an activating group) is 1. The van der Waals surface area contributed by atoms with Crippen LogP contribution in [0.25, 0.3) is 0 Å². The molecule has 17 heavy (non-hydrogen) atoms. The molecule has 2 heterocycles. The normalized spacial score (nSPS) is 21.5. The molecule has 4 nitrogen and oxygen atoms in total. The van der Waals surface area contributed by atoms with E-state index in [-0.39, 0.29) is 0 Å². The van der Waals surface area contributed by atoms with E-state index in [9.17, 15) is 0 Å². The Morgan fingerprint density at radius 1 is 1.59 bits per heavy atom. The van der Waals surface area contributed by atoms with Crippen LogP contribution >= 0.6 is 15.9 Å². The molecule has 0 amide bonds. The van der Waals surface area contributed by atoms with Gasteiger partial charge in [0.25, 0.3) is 0 Å². The third kappa shape index (κ3) is 2.90. The monoisotopic (exact) mass is 298 g/mol. The van der Waals surface area contributed by atoms with Crippen molar-refractivity contribution in [2.24, 2.45) is 0 Å². The van der Waals surface area contributed by atoms with Crippen molar-refractivity contribution >= 4 is 27.4 Å². The minimum absolute atomic E-state index is 0.473. The molecule has 1 aromatic heterocycles. The number of piperidine rings is 1. The Morgan fingerprint density at radius 2 is 2.35 bits per heavy atom. The summed E-state index contributed by atoms with van der Waals surface area (Å²) >= 11 is 3.55. The van der Waals surface area contributed by atoms with Gasteiger partial charge in [-0.15, -0.1) is 0 Å². The summed E-state index contributed by atoms with van der Waals surface area (Å²) in [6.45, 7) is 4.25. The zero-order valence-corrected chi connectivity index (χ0v) is 11.9. The molecule has 1 saturated heterocycles. The number of halogens is 1. The van der Waals surface area contributed by atoms with Gasteiger partial charge in [0.1, 0.15) is 5.82 Å². The lowest BCUT2D eigenvalue weighted by Gasteiger charge is -2.30. The SMILES string of the molecule is Cc1c(N)cnc(NC2CCCN(C)C2)c1Br. The maximum absolute atomic E-state index is 5.82. The molecule has 3 N–H and O–H groups in total. The molecular formula is C12H19BrN4. The summed E-state index contributed by atoms with van der Waals surface area (Å²) in [5, 5.41) is 3.49. The largest absolute Gasteiger partial charge is 0.397 e. The average molecular weight is 299 g/mol. The van der Waals surface area contributed by atoms with Crippen LogP contribution in [0.1, 0.15) is 18.4 Å². The van der Waals surface area contributed by atoms with E-state index in [1.54, 1.807) is 6.20 Å². The molecule has 1 aliphatic rings. The molecule has 94 valence electrons. The number of nitrogen functional groups attached to an aromatic ring is 1. The maximum atomic E-state index is 5.82. The van der Waals surface area contributed by atoms with Gasteiger partial charge in [-0.2, -0.15) is 0 Å². The highest BCUT2D eigenvalue weighted by atomic mass is 79.9. The van der Waals surface area contributed by atoms with Crippen molar-refractivity contribution in [3.8, 4) is 0 Å². The number of nitrogens with two attached hydrogens (primary N) is 1. The van der Waals surface area contributed by atoms with E-state index in [1.165, 1.54) is 19.4 Å². The molecule has 1 aromatic rings. The predicted octanol–water partition coefficient (Wildman–Crippen LogP) is 2.24. The fourth-order valence-corrected chi connectivity index (χ4v) is 2.62. The summed E-state index contributed by atoms with van der Waals surface area (Å²) in [7, 11) is 2.16. The smallest absolute Gasteiger partial charge is 0.140 e. The Morgan fingerprint density at radius 3 is 3.06 bits per heavy atom. The van der Waals surface area contributed by atoms with Crippen molar-refractivity contribution in [2.45, 2.75) is 25.8 Å². The number of rotatable bonds is 2. The van der Waals surface area contributed by atoms with Gasteiger partial charge in [-0.3, -0.25) is 0 Å². The van der Waals surface area contributed by atoms with Gasteiger partial charge in [-0.1, -0.05) is 0 Å². The highest BCUT2D eigenvalue weighted by molar-refractivity contribution is 9.10. The van der Waals surface area contributed by atoms with Gasteiger partial charge < -0.3 is 16.0 Å². The van der Waals surface area contributed by atoms with Crippen molar-refractivity contribution in [3.63, 3.8) is 0 Å². The fraction of sp³-hybridized carbons (Fsp3) is 0.583. The first kappa shape index (κ1) is 12.6. The van der Waals surface area contributed by atoms with Gasteiger partial charge >= 0.3 is 0 Å². The summed E-state index contributed by atoms with van der Waals surface area (Å²) in [5.74, 6) is 0.900. The topological polar surface area (TPSA) is 54.2 Å². The van der Waals surface area contributed by atoms with Gasteiger partial charge in [0, 0.05) is 12.6 Å². The lowest BCUT2D eigenvalue weighted by molar-refractivity contribution is 0.260. The quantitative estimate of drug-likeness (QED) is 0.879. The number of hydrogen-bond acceptors (Lipinski definition) is 4. The van der Waals surface area contributed by atoms with E-state index < -0.39 is 0 Å². The van der Waals surface area contributed by atoms with Gasteiger partial charge in [-0.05, 0) is 54.9 Å². The van der Waals surface area contributed by atoms with Crippen LogP contribution in [0.2, 0.25) is 0 Å². The minimum Gasteiger partial charge on any atom is -0.397 e. The van der Waals surface area contributed by atoms with Crippen LogP contribution < -0.4 is 11.1 Å². The van der Waals surface area contributed by atoms with Crippen LogP contribution in [0.15, 0.2) is 10.7 Å². The standard InChI is InChI=1S/C12H19BrN4/c1-8-10(14)6-15-12(11(8)13)16-9-4-3-5-17(2)7-9/h6,9H,3-5,7,14H2,1-2H3,(H,15,16). The molecule has 5 heteroatoms. The number of anilines is 2. The number of aromatic nitrogens is 1. The minimum atomic E-state index is 0.473. The second-order valence-corrected chi connectivity index (χ2v) is 5.54. The molecule has 1 unspecified atom stereocenters. The van der Waals surface area contributed by atoms with Gasteiger partial charge in [0.05, 0.1) is 16.4 Å². The predicted molar refractivity (Wildman–Crippen MR) is 75.2 cm³/mol. The maximum Gasteiger partial charge on any atom is 0.140 e. The number of hydrogen-bond donors (Lipinski definition) is 2. The Hall–Kier alpha value is -0.810. The van der Waals surface area contributed by atoms with Crippen LogP contribution in [0.5, 0.6) is 0 Å². The number of pyridine rings is 1. The molecule has 2 rings (SSSR count). The molecule has 1 fully saturated rings. The molecule has 0 aliphatic carbocycles. The van der Waals surface area contributed by atoms with Gasteiger partial charge in [0.15, 0.2) is 0 Å². The van der Waals surface area contributed by atoms with Crippen LogP contribution in [0.3, 0.4) is 0 Å². The molecule has 1 atom stereocenters. The first-order valence-corrected chi connectivity index (χ1v) is 6.73. The fourth-order valence-electron chi connectivity index (χ4n) is 2.17. The van der Waals surface area contributed by atoms with Gasteiger partial charge in [-0.25, -0.2) is 4.98 Å². The van der Waals surface area contributed by atoms with E-state index in [2.05, 4.69) is 38.2 Å². The number of nitrogens with one attached hydrogen (secondary N) is 1. The first-order chi connectivity index (χ1) is 8.08. The van der Waals surface area contributed by atoms with Crippen molar-refractivity contribution in [2.75, 3.05) is 31.2 Å². The van der Waals surface area contributed by atoms with Crippen molar-refractivity contribution in [3.05, 3.63) is 16.2 Å². The van der Waals surface area contributed by atoms with E-state index in [0.29, 0.717) is 6.04 Å². The number of likely N-dealkylation sites (tertiary alicyclic amines) is 1. The lowest BCUT2D eigenvalue weighted by atomic mass is 10.1. The summed E-state index contributed by atoms with van der Waals surface area (Å²) in [6.07, 6.45) is 4.15. The van der Waals surface area contributed by atoms with E-state index in [1.807, 2.05) is 6.92 Å². The second-order valence-electron chi connectivity index (χ2n) is 4.75. The Balaban J connectivity index is 2.10. The summed E-state index contributed by atoms with van der Waals surface area (Å²) < 4.78 is 0.978. The summed E-state index contributed by atoms with van der Waals surface area (Å²) in [6, 6.07) is 0.473. The zero-order valence-electron chi connectivity index (χ0n) is 10.3. The molecule has 0 bridgehead atoms. The Labute approximate surface area is 111 Å². The van der Waals surface area contributed by atoms with Crippen LogP contribution in [-0.2, 0) is 0 Å². The highest BCUT2D eigenvalue weighted by Gasteiger charge is 2.18. The molecule has 0 saturated carbocycles. The molecule has 0 spiro atoms. The van der Waals surface area contributed by atoms with Crippen molar-refractivity contribution in [1.82, 2.24) is 9.88 Å². The first-order valence-electron chi connectivity index (χ1n) is 5.93.